The minimum absolute atomic E-state index is 0. The molecule has 2 aliphatic rings. The molecule has 5 rings (SSSR count). The molecule has 28 heavy (non-hydrogen) atoms. The number of benzene rings is 2. The number of halogens is 1. The number of ether oxygens (including phenoxy) is 1. The molecule has 2 aromatic carbocycles. The van der Waals surface area contributed by atoms with E-state index >= 15 is 0 Å². The molecule has 0 bridgehead atoms. The number of phenolic OH excluding ortho intramolecular Hbond substituents is 1. The third-order valence-electron chi connectivity index (χ3n) is 5.21. The average molecular weight is 501 g/mol. The first-order chi connectivity index (χ1) is 13.2. The van der Waals surface area contributed by atoms with Gasteiger partial charge < -0.3 is 33.8 Å². The molecule has 1 aliphatic heterocycles. The summed E-state index contributed by atoms with van der Waals surface area (Å²) in [5.74, 6) is 1.92. The van der Waals surface area contributed by atoms with Gasteiger partial charge in [0.1, 0.15) is 29.0 Å². The van der Waals surface area contributed by atoms with E-state index in [1.807, 2.05) is 6.07 Å². The number of aromatic nitrogens is 1. The van der Waals surface area contributed by atoms with E-state index in [1.54, 1.807) is 23.5 Å². The van der Waals surface area contributed by atoms with Crippen molar-refractivity contribution in [1.29, 1.82) is 0 Å². The quantitative estimate of drug-likeness (QED) is 0.432. The second kappa shape index (κ2) is 7.72. The first kappa shape index (κ1) is 19.2. The Morgan fingerprint density at radius 2 is 1.96 bits per heavy atom. The van der Waals surface area contributed by atoms with E-state index in [4.69, 9.17) is 4.74 Å². The Balaban J connectivity index is 0.00000192. The molecule has 1 aromatic heterocycles. The Morgan fingerprint density at radius 3 is 2.82 bits per heavy atom. The molecular weight excluding hydrogens is 481 g/mol. The molecule has 2 heterocycles. The number of hydrogen-bond acceptors (Lipinski definition) is 3. The van der Waals surface area contributed by atoms with Crippen LogP contribution >= 0.6 is 11.3 Å². The lowest BCUT2D eigenvalue weighted by Gasteiger charge is -2.26. The molecule has 0 radical (unpaired) electrons. The Kier molecular flexibility index (Phi) is 5.29. The van der Waals surface area contributed by atoms with E-state index in [0.29, 0.717) is 0 Å². The summed E-state index contributed by atoms with van der Waals surface area (Å²) in [6.07, 6.45) is 9.75. The van der Waals surface area contributed by atoms with Gasteiger partial charge in [0.2, 0.25) is 5.52 Å². The topological polar surface area (TPSA) is 33.3 Å². The summed E-state index contributed by atoms with van der Waals surface area (Å²) in [7, 11) is 2.11. The number of aryl methyl sites for hydroxylation is 1. The SMILES string of the molecule is C[n+]1c(/C=C/C2=C3Oc4cc(O)ccc4C=C3CCC2)sc2ccccc21.[I-]. The minimum Gasteiger partial charge on any atom is -1.00 e. The average Bonchev–Trinajstić information content (AvgIpc) is 3.01. The predicted molar refractivity (Wildman–Crippen MR) is 110 cm³/mol. The van der Waals surface area contributed by atoms with Crippen LogP contribution in [0.15, 0.2) is 65.4 Å². The fourth-order valence-electron chi connectivity index (χ4n) is 3.80. The monoisotopic (exact) mass is 501 g/mol. The highest BCUT2D eigenvalue weighted by atomic mass is 127. The van der Waals surface area contributed by atoms with Gasteiger partial charge >= 0.3 is 0 Å². The summed E-state index contributed by atoms with van der Waals surface area (Å²) in [6.45, 7) is 0. The summed E-state index contributed by atoms with van der Waals surface area (Å²) < 4.78 is 9.73. The molecule has 1 aliphatic carbocycles. The van der Waals surface area contributed by atoms with E-state index in [1.165, 1.54) is 26.4 Å². The Hall–Kier alpha value is -2.12. The van der Waals surface area contributed by atoms with Gasteiger partial charge in [-0.2, -0.15) is 4.57 Å². The van der Waals surface area contributed by atoms with E-state index < -0.39 is 0 Å². The zero-order valence-corrected chi connectivity index (χ0v) is 18.5. The first-order valence-electron chi connectivity index (χ1n) is 9.20. The van der Waals surface area contributed by atoms with Gasteiger partial charge in [-0.05, 0) is 60.8 Å². The van der Waals surface area contributed by atoms with Crippen LogP contribution in [0.1, 0.15) is 29.8 Å². The molecule has 0 unspecified atom stereocenters. The van der Waals surface area contributed by atoms with Crippen LogP contribution in [0.25, 0.3) is 22.4 Å². The molecule has 5 heteroatoms. The summed E-state index contributed by atoms with van der Waals surface area (Å²) in [6, 6.07) is 13.8. The standard InChI is InChI=1S/C23H19NO2S.HI/c1-24-19-7-2-3-8-21(19)27-22(24)12-10-15-5-4-6-17-13-16-9-11-18(25)14-20(16)26-23(15)17;/h2-3,7-14H,4-6H2,1H3;1H. The second-order valence-corrected chi connectivity index (χ2v) is 8.06. The van der Waals surface area contributed by atoms with Crippen LogP contribution in [0.4, 0.5) is 0 Å². The highest BCUT2D eigenvalue weighted by Crippen LogP contribution is 2.40. The minimum atomic E-state index is 0. The van der Waals surface area contributed by atoms with Gasteiger partial charge in [-0.15, -0.1) is 0 Å². The van der Waals surface area contributed by atoms with Crippen LogP contribution in [-0.2, 0) is 7.05 Å². The Labute approximate surface area is 185 Å². The van der Waals surface area contributed by atoms with Crippen molar-refractivity contribution in [1.82, 2.24) is 0 Å². The Morgan fingerprint density at radius 1 is 1.11 bits per heavy atom. The molecule has 1 N–H and O–H groups in total. The second-order valence-electron chi connectivity index (χ2n) is 7.00. The smallest absolute Gasteiger partial charge is 0.262 e. The highest BCUT2D eigenvalue weighted by Gasteiger charge is 2.24. The predicted octanol–water partition coefficient (Wildman–Crippen LogP) is 2.36. The Bertz CT molecular complexity index is 1160. The van der Waals surface area contributed by atoms with Crippen molar-refractivity contribution < 1.29 is 38.4 Å². The molecule has 3 nitrogen and oxygen atoms in total. The van der Waals surface area contributed by atoms with Crippen LogP contribution in [0.3, 0.4) is 0 Å². The van der Waals surface area contributed by atoms with Crippen molar-refractivity contribution >= 4 is 33.7 Å². The fraction of sp³-hybridized carbons (Fsp3) is 0.174. The largest absolute Gasteiger partial charge is 1.00 e. The lowest BCUT2D eigenvalue weighted by Crippen LogP contribution is -3.00. The third kappa shape index (κ3) is 3.37. The summed E-state index contributed by atoms with van der Waals surface area (Å²) in [4.78, 5) is 0. The van der Waals surface area contributed by atoms with Crippen LogP contribution in [0.2, 0.25) is 0 Å². The van der Waals surface area contributed by atoms with Crippen molar-refractivity contribution in [2.75, 3.05) is 0 Å². The highest BCUT2D eigenvalue weighted by molar-refractivity contribution is 7.18. The van der Waals surface area contributed by atoms with Crippen molar-refractivity contribution in [2.45, 2.75) is 19.3 Å². The van der Waals surface area contributed by atoms with Gasteiger partial charge in [0.25, 0.3) is 5.01 Å². The van der Waals surface area contributed by atoms with Crippen molar-refractivity contribution in [2.24, 2.45) is 7.05 Å². The summed E-state index contributed by atoms with van der Waals surface area (Å²) in [5, 5.41) is 11.0. The molecule has 0 saturated heterocycles. The number of para-hydroxylation sites is 1. The number of rotatable bonds is 2. The van der Waals surface area contributed by atoms with Gasteiger partial charge in [0, 0.05) is 23.8 Å². The van der Waals surface area contributed by atoms with Crippen LogP contribution in [0, 0.1) is 0 Å². The maximum atomic E-state index is 9.77. The van der Waals surface area contributed by atoms with Gasteiger partial charge in [0.15, 0.2) is 0 Å². The molecule has 0 fully saturated rings. The van der Waals surface area contributed by atoms with Gasteiger partial charge in [0.05, 0.1) is 0 Å². The molecule has 0 atom stereocenters. The number of fused-ring (bicyclic) bond motifs is 3. The fourth-order valence-corrected chi connectivity index (χ4v) is 4.85. The van der Waals surface area contributed by atoms with E-state index in [2.05, 4.69) is 54.1 Å². The number of phenols is 1. The van der Waals surface area contributed by atoms with Crippen molar-refractivity contribution in [3.63, 3.8) is 0 Å². The van der Waals surface area contributed by atoms with E-state index in [0.717, 1.165) is 36.3 Å². The molecular formula is C23H20INO2S. The third-order valence-corrected chi connectivity index (χ3v) is 6.40. The normalized spacial score (nSPS) is 15.7. The maximum absolute atomic E-state index is 9.77. The maximum Gasteiger partial charge on any atom is 0.262 e. The molecule has 3 aromatic rings. The molecule has 0 spiro atoms. The zero-order chi connectivity index (χ0) is 18.4. The summed E-state index contributed by atoms with van der Waals surface area (Å²) >= 11 is 1.80. The number of nitrogens with zero attached hydrogens (tertiary/aromatic N) is 1. The van der Waals surface area contributed by atoms with Crippen molar-refractivity contribution in [3.8, 4) is 11.5 Å². The number of allylic oxidation sites excluding steroid dienone is 3. The lowest BCUT2D eigenvalue weighted by atomic mass is 9.90. The number of thiazole rings is 1. The number of aromatic hydroxyl groups is 1. The zero-order valence-electron chi connectivity index (χ0n) is 15.5. The van der Waals surface area contributed by atoms with Gasteiger partial charge in [-0.3, -0.25) is 0 Å². The van der Waals surface area contributed by atoms with E-state index in [-0.39, 0.29) is 29.7 Å². The van der Waals surface area contributed by atoms with E-state index in [9.17, 15) is 5.11 Å². The molecule has 0 amide bonds. The van der Waals surface area contributed by atoms with Crippen LogP contribution in [0.5, 0.6) is 11.5 Å². The summed E-state index contributed by atoms with van der Waals surface area (Å²) in [5.41, 5.74) is 4.76. The van der Waals surface area contributed by atoms with Crippen LogP contribution < -0.4 is 33.3 Å². The van der Waals surface area contributed by atoms with Gasteiger partial charge in [-0.25, -0.2) is 0 Å². The first-order valence-corrected chi connectivity index (χ1v) is 10.0. The molecule has 142 valence electrons. The van der Waals surface area contributed by atoms with Crippen molar-refractivity contribution in [3.05, 3.63) is 76.0 Å². The van der Waals surface area contributed by atoms with Gasteiger partial charge in [-0.1, -0.05) is 23.5 Å². The number of hydrogen-bond donors (Lipinski definition) is 1. The van der Waals surface area contributed by atoms with Crippen LogP contribution in [-0.4, -0.2) is 5.11 Å². The lowest BCUT2D eigenvalue weighted by molar-refractivity contribution is -0.642. The molecule has 0 saturated carbocycles.